The SMILES string of the molecule is CO[Si](CCCOC(=O)CCc1ccc(N(c2ccccc2)c2ccc(CCC(=O)OCCC[Si](OC)(OC)OC)cc2)cc1)(OC)OC. The van der Waals surface area contributed by atoms with Crippen molar-refractivity contribution < 1.29 is 45.6 Å². The molecule has 3 aromatic rings. The van der Waals surface area contributed by atoms with E-state index < -0.39 is 17.6 Å². The largest absolute Gasteiger partial charge is 0.500 e. The summed E-state index contributed by atoms with van der Waals surface area (Å²) in [5.74, 6) is -0.488. The minimum atomic E-state index is -2.67. The maximum Gasteiger partial charge on any atom is 0.500 e. The van der Waals surface area contributed by atoms with E-state index in [0.717, 1.165) is 28.2 Å². The van der Waals surface area contributed by atoms with E-state index in [0.29, 0.717) is 51.0 Å². The Morgan fingerprint density at radius 2 is 0.857 bits per heavy atom. The molecule has 0 saturated heterocycles. The molecule has 3 rings (SSSR count). The van der Waals surface area contributed by atoms with Crippen molar-refractivity contribution in [1.29, 1.82) is 0 Å². The van der Waals surface area contributed by atoms with Crippen molar-refractivity contribution in [3.63, 3.8) is 0 Å². The Bertz CT molecular complexity index is 1280. The molecule has 0 aromatic heterocycles. The van der Waals surface area contributed by atoms with Gasteiger partial charge in [0.05, 0.1) is 13.2 Å². The molecule has 268 valence electrons. The molecule has 11 nitrogen and oxygen atoms in total. The molecule has 49 heavy (non-hydrogen) atoms. The molecule has 0 aliphatic rings. The third kappa shape index (κ3) is 12.5. The molecule has 13 heteroatoms. The van der Waals surface area contributed by atoms with E-state index in [2.05, 4.69) is 41.3 Å². The van der Waals surface area contributed by atoms with Crippen molar-refractivity contribution in [3.8, 4) is 0 Å². The average molecular weight is 714 g/mol. The Labute approximate surface area is 293 Å². The molecule has 0 atom stereocenters. The Morgan fingerprint density at radius 1 is 0.510 bits per heavy atom. The molecule has 0 bridgehead atoms. The van der Waals surface area contributed by atoms with Gasteiger partial charge in [0.25, 0.3) is 0 Å². The first kappa shape index (κ1) is 40.0. The Kier molecular flexibility index (Phi) is 17.1. The second-order valence-corrected chi connectivity index (χ2v) is 17.4. The molecular formula is C36H51NO10Si2. The van der Waals surface area contributed by atoms with Crippen LogP contribution in [0.25, 0.3) is 0 Å². The number of rotatable bonds is 23. The molecule has 0 N–H and O–H groups in total. The minimum Gasteiger partial charge on any atom is -0.466 e. The highest BCUT2D eigenvalue weighted by atomic mass is 28.4. The number of nitrogens with zero attached hydrogens (tertiary/aromatic N) is 1. The van der Waals surface area contributed by atoms with E-state index in [1.807, 2.05) is 42.5 Å². The number of benzene rings is 3. The van der Waals surface area contributed by atoms with Gasteiger partial charge >= 0.3 is 29.5 Å². The summed E-state index contributed by atoms with van der Waals surface area (Å²) in [6.07, 6.45) is 2.93. The summed E-state index contributed by atoms with van der Waals surface area (Å²) in [6, 6.07) is 27.6. The van der Waals surface area contributed by atoms with Crippen LogP contribution >= 0.6 is 0 Å². The van der Waals surface area contributed by atoms with Crippen LogP contribution in [0, 0.1) is 0 Å². The zero-order valence-corrected chi connectivity index (χ0v) is 31.6. The summed E-state index contributed by atoms with van der Waals surface area (Å²) < 4.78 is 43.3. The zero-order chi connectivity index (χ0) is 35.5. The standard InChI is InChI=1S/C36H51NO10Si2/c1-40-48(41-2,42-3)28-10-26-46-35(38)24-18-30-14-20-33(21-15-30)37(32-12-8-7-9-13-32)34-22-16-31(17-23-34)19-25-36(39)47-27-11-29-49(43-4,44-5)45-6/h7-9,12-17,20-23H,10-11,18-19,24-29H2,1-6H3. The molecule has 0 spiro atoms. The second kappa shape index (κ2) is 21.0. The van der Waals surface area contributed by atoms with Gasteiger partial charge in [0.1, 0.15) is 0 Å². The van der Waals surface area contributed by atoms with Gasteiger partial charge in [-0.1, -0.05) is 42.5 Å². The fourth-order valence-corrected chi connectivity index (χ4v) is 8.73. The van der Waals surface area contributed by atoms with Crippen molar-refractivity contribution in [2.24, 2.45) is 0 Å². The van der Waals surface area contributed by atoms with Crippen molar-refractivity contribution in [1.82, 2.24) is 0 Å². The lowest BCUT2D eigenvalue weighted by atomic mass is 10.1. The Hall–Kier alpha value is -3.41. The molecule has 0 heterocycles. The minimum absolute atomic E-state index is 0.244. The van der Waals surface area contributed by atoms with Crippen molar-refractivity contribution in [2.75, 3.05) is 60.8 Å². The number of ether oxygens (including phenoxy) is 2. The van der Waals surface area contributed by atoms with Gasteiger partial charge < -0.3 is 40.9 Å². The van der Waals surface area contributed by atoms with Gasteiger partial charge in [-0.05, 0) is 73.2 Å². The maximum absolute atomic E-state index is 12.4. The average Bonchev–Trinajstić information content (AvgIpc) is 3.15. The third-order valence-corrected chi connectivity index (χ3v) is 13.9. The summed E-state index contributed by atoms with van der Waals surface area (Å²) in [5, 5.41) is 0. The van der Waals surface area contributed by atoms with Gasteiger partial charge in [0.2, 0.25) is 0 Å². The highest BCUT2D eigenvalue weighted by Gasteiger charge is 2.37. The van der Waals surface area contributed by atoms with Gasteiger partial charge in [-0.25, -0.2) is 0 Å². The van der Waals surface area contributed by atoms with Gasteiger partial charge in [-0.3, -0.25) is 9.59 Å². The van der Waals surface area contributed by atoms with Crippen LogP contribution in [0.2, 0.25) is 12.1 Å². The van der Waals surface area contributed by atoms with Crippen molar-refractivity contribution >= 4 is 46.6 Å². The van der Waals surface area contributed by atoms with E-state index >= 15 is 0 Å². The molecule has 0 aliphatic carbocycles. The Balaban J connectivity index is 1.53. The lowest BCUT2D eigenvalue weighted by Gasteiger charge is -2.26. The van der Waals surface area contributed by atoms with E-state index in [4.69, 9.17) is 36.0 Å². The highest BCUT2D eigenvalue weighted by Crippen LogP contribution is 2.34. The maximum atomic E-state index is 12.4. The molecule has 0 aliphatic heterocycles. The van der Waals surface area contributed by atoms with Gasteiger partial charge in [0.15, 0.2) is 0 Å². The molecule has 0 amide bonds. The van der Waals surface area contributed by atoms with Crippen LogP contribution < -0.4 is 4.90 Å². The van der Waals surface area contributed by atoms with Gasteiger partial charge in [0, 0.05) is 84.7 Å². The molecule has 0 radical (unpaired) electrons. The summed E-state index contributed by atoms with van der Waals surface area (Å²) >= 11 is 0. The highest BCUT2D eigenvalue weighted by molar-refractivity contribution is 6.60. The fraction of sp³-hybridized carbons (Fsp3) is 0.444. The van der Waals surface area contributed by atoms with E-state index in [-0.39, 0.29) is 24.8 Å². The molecular weight excluding hydrogens is 663 g/mol. The zero-order valence-electron chi connectivity index (χ0n) is 29.6. The quantitative estimate of drug-likeness (QED) is 0.0599. The first-order valence-corrected chi connectivity index (χ1v) is 20.3. The molecule has 3 aromatic carbocycles. The van der Waals surface area contributed by atoms with E-state index in [9.17, 15) is 9.59 Å². The van der Waals surface area contributed by atoms with Crippen LogP contribution in [-0.2, 0) is 58.5 Å². The van der Waals surface area contributed by atoms with Crippen LogP contribution in [-0.4, -0.2) is 85.4 Å². The monoisotopic (exact) mass is 713 g/mol. The first-order valence-electron chi connectivity index (χ1n) is 16.4. The Morgan fingerprint density at radius 3 is 1.20 bits per heavy atom. The van der Waals surface area contributed by atoms with E-state index in [1.54, 1.807) is 42.7 Å². The topological polar surface area (TPSA) is 111 Å². The van der Waals surface area contributed by atoms with Gasteiger partial charge in [-0.15, -0.1) is 0 Å². The number of anilines is 3. The van der Waals surface area contributed by atoms with Crippen LogP contribution in [0.15, 0.2) is 78.9 Å². The normalized spacial score (nSPS) is 11.7. The predicted octanol–water partition coefficient (Wildman–Crippen LogP) is 6.64. The van der Waals surface area contributed by atoms with Crippen LogP contribution in [0.5, 0.6) is 0 Å². The summed E-state index contributed by atoms with van der Waals surface area (Å²) in [4.78, 5) is 26.9. The number of esters is 2. The number of hydrogen-bond acceptors (Lipinski definition) is 11. The van der Waals surface area contributed by atoms with E-state index in [1.165, 1.54) is 0 Å². The van der Waals surface area contributed by atoms with Gasteiger partial charge in [-0.2, -0.15) is 0 Å². The number of para-hydroxylation sites is 1. The first-order chi connectivity index (χ1) is 23.8. The van der Waals surface area contributed by atoms with Crippen LogP contribution in [0.3, 0.4) is 0 Å². The summed E-state index contributed by atoms with van der Waals surface area (Å²) in [6.45, 7) is 0.582. The van der Waals surface area contributed by atoms with Crippen molar-refractivity contribution in [2.45, 2.75) is 50.6 Å². The fourth-order valence-electron chi connectivity index (χ4n) is 5.35. The number of carbonyl (C=O) groups excluding carboxylic acids is 2. The predicted molar refractivity (Wildman–Crippen MR) is 192 cm³/mol. The second-order valence-electron chi connectivity index (χ2n) is 11.2. The van der Waals surface area contributed by atoms with Crippen molar-refractivity contribution in [3.05, 3.63) is 90.0 Å². The molecule has 0 unspecified atom stereocenters. The summed E-state index contributed by atoms with van der Waals surface area (Å²) in [5.41, 5.74) is 5.06. The molecule has 0 fully saturated rings. The van der Waals surface area contributed by atoms with Crippen LogP contribution in [0.1, 0.15) is 36.8 Å². The number of aryl methyl sites for hydroxylation is 2. The lowest BCUT2D eigenvalue weighted by molar-refractivity contribution is -0.144. The smallest absolute Gasteiger partial charge is 0.466 e. The molecule has 0 saturated carbocycles. The lowest BCUT2D eigenvalue weighted by Crippen LogP contribution is -2.42. The number of hydrogen-bond donors (Lipinski definition) is 0. The third-order valence-electron chi connectivity index (χ3n) is 8.29. The number of carbonyl (C=O) groups is 2. The summed E-state index contributed by atoms with van der Waals surface area (Å²) in [7, 11) is 4.08. The van der Waals surface area contributed by atoms with Crippen LogP contribution in [0.4, 0.5) is 17.1 Å².